The van der Waals surface area contributed by atoms with Gasteiger partial charge in [0.05, 0.1) is 17.1 Å². The monoisotopic (exact) mass is 301 g/mol. The summed E-state index contributed by atoms with van der Waals surface area (Å²) >= 11 is 3.46. The molecule has 5 heteroatoms. The highest BCUT2D eigenvalue weighted by Crippen LogP contribution is 2.47. The molecule has 1 aromatic carbocycles. The molecule has 0 saturated heterocycles. The molecule has 2 rings (SSSR count). The molecule has 1 aliphatic rings. The summed E-state index contributed by atoms with van der Waals surface area (Å²) in [6.45, 7) is 4.90. The minimum atomic E-state index is -0.570. The maximum absolute atomic E-state index is 6.19. The van der Waals surface area contributed by atoms with E-state index in [1.54, 1.807) is 7.11 Å². The Morgan fingerprint density at radius 3 is 2.59 bits per heavy atom. The second-order valence-electron chi connectivity index (χ2n) is 4.51. The molecule has 1 heterocycles. The van der Waals surface area contributed by atoms with E-state index in [1.807, 2.05) is 19.9 Å². The van der Waals surface area contributed by atoms with Gasteiger partial charge in [0.1, 0.15) is 19.0 Å². The zero-order valence-corrected chi connectivity index (χ0v) is 11.8. The average molecular weight is 302 g/mol. The van der Waals surface area contributed by atoms with Crippen LogP contribution >= 0.6 is 15.9 Å². The van der Waals surface area contributed by atoms with Crippen LogP contribution in [-0.4, -0.2) is 20.3 Å². The first-order valence-corrected chi connectivity index (χ1v) is 6.20. The van der Waals surface area contributed by atoms with Crippen LogP contribution in [0.15, 0.2) is 10.5 Å². The van der Waals surface area contributed by atoms with Crippen molar-refractivity contribution in [1.82, 2.24) is 0 Å². The predicted molar refractivity (Wildman–Crippen MR) is 68.9 cm³/mol. The molecule has 0 aromatic heterocycles. The number of hydrogen-bond acceptors (Lipinski definition) is 4. The van der Waals surface area contributed by atoms with E-state index in [-0.39, 0.29) is 0 Å². The molecule has 0 unspecified atom stereocenters. The van der Waals surface area contributed by atoms with Crippen molar-refractivity contribution in [2.45, 2.75) is 19.4 Å². The van der Waals surface area contributed by atoms with Crippen molar-refractivity contribution in [3.05, 3.63) is 16.1 Å². The molecular weight excluding hydrogens is 286 g/mol. The first kappa shape index (κ1) is 12.5. The Labute approximate surface area is 109 Å². The highest BCUT2D eigenvalue weighted by atomic mass is 79.9. The van der Waals surface area contributed by atoms with Crippen LogP contribution in [0.3, 0.4) is 0 Å². The molecule has 0 saturated carbocycles. The van der Waals surface area contributed by atoms with Gasteiger partial charge in [-0.05, 0) is 29.8 Å². The lowest BCUT2D eigenvalue weighted by molar-refractivity contribution is 0.166. The number of rotatable bonds is 2. The van der Waals surface area contributed by atoms with Gasteiger partial charge in [0, 0.05) is 11.6 Å². The fourth-order valence-corrected chi connectivity index (χ4v) is 2.49. The van der Waals surface area contributed by atoms with Gasteiger partial charge in [-0.2, -0.15) is 0 Å². The number of benzene rings is 1. The maximum atomic E-state index is 6.19. The summed E-state index contributed by atoms with van der Waals surface area (Å²) in [4.78, 5) is 0. The van der Waals surface area contributed by atoms with Gasteiger partial charge in [-0.1, -0.05) is 0 Å². The molecule has 0 atom stereocenters. The zero-order chi connectivity index (χ0) is 12.6. The molecule has 4 nitrogen and oxygen atoms in total. The van der Waals surface area contributed by atoms with E-state index in [1.165, 1.54) is 0 Å². The summed E-state index contributed by atoms with van der Waals surface area (Å²) in [6.07, 6.45) is 0. The third kappa shape index (κ3) is 2.21. The van der Waals surface area contributed by atoms with Crippen LogP contribution in [0, 0.1) is 0 Å². The first-order valence-electron chi connectivity index (χ1n) is 5.40. The lowest BCUT2D eigenvalue weighted by Crippen LogP contribution is -2.31. The standard InChI is InChI=1S/C12H16BrNO3/c1-12(2,14)9-10(15-3)7(13)6-8-11(9)17-5-4-16-8/h6H,4-5,14H2,1-3H3. The van der Waals surface area contributed by atoms with Crippen LogP contribution in [0.1, 0.15) is 19.4 Å². The largest absolute Gasteiger partial charge is 0.495 e. The maximum Gasteiger partial charge on any atom is 0.170 e. The highest BCUT2D eigenvalue weighted by Gasteiger charge is 2.31. The van der Waals surface area contributed by atoms with E-state index in [0.29, 0.717) is 30.5 Å². The SMILES string of the molecule is COc1c(Br)cc2c(c1C(C)(C)N)OCCO2. The van der Waals surface area contributed by atoms with Crippen molar-refractivity contribution < 1.29 is 14.2 Å². The van der Waals surface area contributed by atoms with Crippen LogP contribution in [0.2, 0.25) is 0 Å². The van der Waals surface area contributed by atoms with Gasteiger partial charge in [0.2, 0.25) is 0 Å². The lowest BCUT2D eigenvalue weighted by Gasteiger charge is -2.29. The fraction of sp³-hybridized carbons (Fsp3) is 0.500. The molecule has 0 fully saturated rings. The number of methoxy groups -OCH3 is 1. The molecule has 17 heavy (non-hydrogen) atoms. The molecule has 0 radical (unpaired) electrons. The molecule has 0 bridgehead atoms. The van der Waals surface area contributed by atoms with E-state index in [2.05, 4.69) is 15.9 Å². The molecular formula is C12H16BrNO3. The van der Waals surface area contributed by atoms with Crippen LogP contribution in [0.4, 0.5) is 0 Å². The van der Waals surface area contributed by atoms with Gasteiger partial charge in [-0.25, -0.2) is 0 Å². The van der Waals surface area contributed by atoms with Crippen molar-refractivity contribution in [3.8, 4) is 17.2 Å². The van der Waals surface area contributed by atoms with E-state index in [0.717, 1.165) is 10.0 Å². The predicted octanol–water partition coefficient (Wildman–Crippen LogP) is 2.42. The second-order valence-corrected chi connectivity index (χ2v) is 5.37. The van der Waals surface area contributed by atoms with E-state index < -0.39 is 5.54 Å². The second kappa shape index (κ2) is 4.38. The number of hydrogen-bond donors (Lipinski definition) is 1. The number of ether oxygens (including phenoxy) is 3. The molecule has 2 N–H and O–H groups in total. The van der Waals surface area contributed by atoms with Crippen molar-refractivity contribution in [2.24, 2.45) is 5.73 Å². The number of fused-ring (bicyclic) bond motifs is 1. The van der Waals surface area contributed by atoms with Crippen LogP contribution in [0.5, 0.6) is 17.2 Å². The summed E-state index contributed by atoms with van der Waals surface area (Å²) in [5, 5.41) is 0. The van der Waals surface area contributed by atoms with Gasteiger partial charge >= 0.3 is 0 Å². The van der Waals surface area contributed by atoms with E-state index in [9.17, 15) is 0 Å². The molecule has 1 aromatic rings. The van der Waals surface area contributed by atoms with Crippen molar-refractivity contribution in [1.29, 1.82) is 0 Å². The third-order valence-electron chi connectivity index (χ3n) is 2.59. The number of halogens is 1. The van der Waals surface area contributed by atoms with Crippen molar-refractivity contribution in [2.75, 3.05) is 20.3 Å². The lowest BCUT2D eigenvalue weighted by atomic mass is 9.93. The molecule has 0 spiro atoms. The topological polar surface area (TPSA) is 53.7 Å². The Kier molecular flexibility index (Phi) is 3.23. The fourth-order valence-electron chi connectivity index (χ4n) is 1.92. The quantitative estimate of drug-likeness (QED) is 0.911. The first-order chi connectivity index (χ1) is 7.95. The summed E-state index contributed by atoms with van der Waals surface area (Å²) in [5.74, 6) is 2.09. The average Bonchev–Trinajstić information content (AvgIpc) is 2.25. The van der Waals surface area contributed by atoms with Gasteiger partial charge in [0.25, 0.3) is 0 Å². The third-order valence-corrected chi connectivity index (χ3v) is 3.18. The van der Waals surface area contributed by atoms with Crippen molar-refractivity contribution >= 4 is 15.9 Å². The minimum absolute atomic E-state index is 0.529. The highest BCUT2D eigenvalue weighted by molar-refractivity contribution is 9.10. The summed E-state index contributed by atoms with van der Waals surface area (Å²) in [6, 6.07) is 1.85. The number of nitrogens with two attached hydrogens (primary N) is 1. The minimum Gasteiger partial charge on any atom is -0.495 e. The van der Waals surface area contributed by atoms with Gasteiger partial charge in [-0.15, -0.1) is 0 Å². The van der Waals surface area contributed by atoms with Crippen LogP contribution in [0.25, 0.3) is 0 Å². The van der Waals surface area contributed by atoms with Gasteiger partial charge in [-0.3, -0.25) is 0 Å². The zero-order valence-electron chi connectivity index (χ0n) is 10.2. The molecule has 94 valence electrons. The Morgan fingerprint density at radius 1 is 1.35 bits per heavy atom. The Hall–Kier alpha value is -0.940. The van der Waals surface area contributed by atoms with E-state index in [4.69, 9.17) is 19.9 Å². The molecule has 0 aliphatic carbocycles. The summed E-state index contributed by atoms with van der Waals surface area (Å²) in [7, 11) is 1.62. The van der Waals surface area contributed by atoms with Gasteiger partial charge < -0.3 is 19.9 Å². The van der Waals surface area contributed by atoms with Gasteiger partial charge in [0.15, 0.2) is 11.5 Å². The smallest absolute Gasteiger partial charge is 0.170 e. The molecule has 0 amide bonds. The normalized spacial score (nSPS) is 14.6. The summed E-state index contributed by atoms with van der Waals surface area (Å²) in [5.41, 5.74) is 6.44. The van der Waals surface area contributed by atoms with Crippen molar-refractivity contribution in [3.63, 3.8) is 0 Å². The van der Waals surface area contributed by atoms with Crippen LogP contribution < -0.4 is 19.9 Å². The van der Waals surface area contributed by atoms with E-state index >= 15 is 0 Å². The Morgan fingerprint density at radius 2 is 2.00 bits per heavy atom. The Balaban J connectivity index is 2.70. The van der Waals surface area contributed by atoms with Crippen LogP contribution in [-0.2, 0) is 5.54 Å². The Bertz CT molecular complexity index is 440. The molecule has 1 aliphatic heterocycles. The summed E-state index contributed by atoms with van der Waals surface area (Å²) < 4.78 is 17.5.